The molecule has 0 saturated heterocycles. The van der Waals surface area contributed by atoms with Gasteiger partial charge >= 0.3 is 0 Å². The third kappa shape index (κ3) is 5.58. The Labute approximate surface area is 216 Å². The zero-order valence-electron chi connectivity index (χ0n) is 19.0. The number of nitrogens with zero attached hydrogens (tertiary/aromatic N) is 2. The summed E-state index contributed by atoms with van der Waals surface area (Å²) in [7, 11) is -1.06. The predicted octanol–water partition coefficient (Wildman–Crippen LogP) is 5.17. The van der Waals surface area contributed by atoms with Crippen molar-refractivity contribution in [3.8, 4) is 39.8 Å². The Bertz CT molecular complexity index is 1520. The highest BCUT2D eigenvalue weighted by Crippen LogP contribution is 2.38. The number of hydrogen-bond acceptors (Lipinski definition) is 8. The molecule has 0 amide bonds. The van der Waals surface area contributed by atoms with Gasteiger partial charge in [-0.05, 0) is 66.7 Å². The van der Waals surface area contributed by atoms with Crippen LogP contribution in [-0.4, -0.2) is 42.2 Å². The average molecular weight is 546 g/mol. The Kier molecular flexibility index (Phi) is 7.43. The van der Waals surface area contributed by atoms with E-state index in [9.17, 15) is 18.0 Å². The highest BCUT2D eigenvalue weighted by atomic mass is 32.2. The molecule has 1 heterocycles. The molecule has 4 aromatic rings. The van der Waals surface area contributed by atoms with Gasteiger partial charge in [0.15, 0.2) is 21.6 Å². The minimum Gasteiger partial charge on any atom is -0.494 e. The summed E-state index contributed by atoms with van der Waals surface area (Å²) in [5, 5.41) is 15.5. The van der Waals surface area contributed by atoms with Gasteiger partial charge in [0.2, 0.25) is 15.9 Å². The maximum Gasteiger partial charge on any atom is 0.238 e. The summed E-state index contributed by atoms with van der Waals surface area (Å²) in [6, 6.07) is 17.4. The first-order valence-electron chi connectivity index (χ1n) is 10.3. The van der Waals surface area contributed by atoms with Crippen LogP contribution in [0.5, 0.6) is 5.75 Å². The van der Waals surface area contributed by atoms with Crippen molar-refractivity contribution < 1.29 is 27.2 Å². The van der Waals surface area contributed by atoms with Crippen molar-refractivity contribution in [1.82, 2.24) is 10.0 Å². The summed E-state index contributed by atoms with van der Waals surface area (Å²) < 4.78 is 49.2. The van der Waals surface area contributed by atoms with Gasteiger partial charge in [-0.25, -0.2) is 28.0 Å². The Morgan fingerprint density at radius 2 is 1.69 bits per heavy atom. The van der Waals surface area contributed by atoms with Crippen LogP contribution in [0.4, 0.5) is 4.39 Å². The van der Waals surface area contributed by atoms with Gasteiger partial charge in [-0.15, -0.1) is 0 Å². The number of rotatable bonds is 6. The van der Waals surface area contributed by atoms with Crippen LogP contribution in [0.15, 0.2) is 80.9 Å². The van der Waals surface area contributed by atoms with Gasteiger partial charge < -0.3 is 9.15 Å². The smallest absolute Gasteiger partial charge is 0.238 e. The molecule has 4 rings (SSSR count). The Morgan fingerprint density at radius 1 is 1.08 bits per heavy atom. The first kappa shape index (κ1) is 25.8. The van der Waals surface area contributed by atoms with Crippen molar-refractivity contribution in [2.75, 3.05) is 14.2 Å². The van der Waals surface area contributed by atoms with Crippen LogP contribution in [0.2, 0.25) is 0 Å². The predicted molar refractivity (Wildman–Crippen MR) is 139 cm³/mol. The van der Waals surface area contributed by atoms with Crippen LogP contribution in [0.3, 0.4) is 0 Å². The lowest BCUT2D eigenvalue weighted by atomic mass is 10.1. The number of ether oxygens (including phenoxy) is 1. The van der Waals surface area contributed by atoms with Gasteiger partial charge in [0.1, 0.15) is 5.69 Å². The van der Waals surface area contributed by atoms with E-state index in [1.807, 2.05) is 0 Å². The number of hydroxylamine groups is 2. The molecule has 0 unspecified atom stereocenters. The number of oxazole rings is 1. The number of hydrogen-bond donors (Lipinski definition) is 2. The molecule has 0 bridgehead atoms. The maximum absolute atomic E-state index is 14.5. The number of methoxy groups -OCH3 is 1. The molecule has 0 aliphatic rings. The zero-order chi connectivity index (χ0) is 26.0. The number of benzene rings is 3. The Hall–Kier alpha value is -3.29. The van der Waals surface area contributed by atoms with E-state index < -0.39 is 15.8 Å². The molecule has 186 valence electrons. The molecule has 0 fully saturated rings. The van der Waals surface area contributed by atoms with E-state index >= 15 is 0 Å². The van der Waals surface area contributed by atoms with E-state index in [0.717, 1.165) is 9.96 Å². The van der Waals surface area contributed by atoms with E-state index in [-0.39, 0.29) is 20.9 Å². The summed E-state index contributed by atoms with van der Waals surface area (Å²) in [5.74, 6) is 0.101. The number of halogens is 1. The number of sulfonamides is 1. The monoisotopic (exact) mass is 545 g/mol. The topological polar surface area (TPSA) is 119 Å². The lowest BCUT2D eigenvalue weighted by molar-refractivity contribution is 0.0205. The minimum atomic E-state index is -3.87. The maximum atomic E-state index is 14.5. The van der Waals surface area contributed by atoms with E-state index in [2.05, 4.69) is 4.98 Å². The molecule has 0 aliphatic heterocycles. The number of nitrogens with two attached hydrogens (primary N) is 1. The Balaban J connectivity index is 1.78. The van der Waals surface area contributed by atoms with Crippen molar-refractivity contribution in [2.45, 2.75) is 9.79 Å². The quantitative estimate of drug-likeness (QED) is 0.192. The standard InChI is InChI=1S/C24H20FN3O5S3/c1-28(29)24(34)35-17-8-3-15(4-9-17)23-27-21(16-7-12-20(32-2)19(25)13-16)22(33-23)14-5-10-18(11-6-14)36(26,30)31/h3-13,29H,1-2H3,(H2,26,30,31). The van der Waals surface area contributed by atoms with Gasteiger partial charge in [-0.1, -0.05) is 24.0 Å². The van der Waals surface area contributed by atoms with E-state index in [1.54, 1.807) is 42.5 Å². The van der Waals surface area contributed by atoms with Crippen molar-refractivity contribution in [3.63, 3.8) is 0 Å². The number of aromatic nitrogens is 1. The highest BCUT2D eigenvalue weighted by molar-refractivity contribution is 8.22. The first-order valence-corrected chi connectivity index (χ1v) is 13.1. The largest absolute Gasteiger partial charge is 0.494 e. The minimum absolute atomic E-state index is 0.0532. The summed E-state index contributed by atoms with van der Waals surface area (Å²) in [5.41, 5.74) is 1.97. The molecule has 3 aromatic carbocycles. The molecular formula is C24H20FN3O5S3. The van der Waals surface area contributed by atoms with Gasteiger partial charge in [0.05, 0.1) is 12.0 Å². The van der Waals surface area contributed by atoms with Crippen LogP contribution >= 0.6 is 24.0 Å². The van der Waals surface area contributed by atoms with Crippen LogP contribution in [0, 0.1) is 5.82 Å². The number of primary sulfonamides is 1. The fourth-order valence-electron chi connectivity index (χ4n) is 3.28. The molecule has 0 atom stereocenters. The molecule has 0 spiro atoms. The molecule has 12 heteroatoms. The first-order chi connectivity index (χ1) is 17.1. The SMILES string of the molecule is COc1ccc(-c2nc(-c3ccc(SC(=S)N(C)O)cc3)oc2-c2ccc(S(N)(=O)=O)cc2)cc1F. The molecule has 0 aliphatic carbocycles. The molecule has 0 radical (unpaired) electrons. The molecule has 8 nitrogen and oxygen atoms in total. The van der Waals surface area contributed by atoms with Gasteiger partial charge in [-0.3, -0.25) is 5.21 Å². The number of thioether (sulfide) groups is 1. The zero-order valence-corrected chi connectivity index (χ0v) is 21.5. The average Bonchev–Trinajstić information content (AvgIpc) is 3.29. The second kappa shape index (κ2) is 10.4. The molecule has 1 aromatic heterocycles. The van der Waals surface area contributed by atoms with E-state index in [0.29, 0.717) is 28.1 Å². The lowest BCUT2D eigenvalue weighted by Gasteiger charge is -2.10. The summed E-state index contributed by atoms with van der Waals surface area (Å²) in [4.78, 5) is 5.36. The molecule has 36 heavy (non-hydrogen) atoms. The normalized spacial score (nSPS) is 11.4. The third-order valence-corrected chi connectivity index (χ3v) is 7.46. The second-order valence-corrected chi connectivity index (χ2v) is 10.8. The number of thiocarbonyl (C=S) groups is 1. The van der Waals surface area contributed by atoms with E-state index in [4.69, 9.17) is 26.5 Å². The van der Waals surface area contributed by atoms with Gasteiger partial charge in [0, 0.05) is 28.6 Å². The summed E-state index contributed by atoms with van der Waals surface area (Å²) >= 11 is 6.31. The van der Waals surface area contributed by atoms with Crippen molar-refractivity contribution >= 4 is 38.3 Å². The highest BCUT2D eigenvalue weighted by Gasteiger charge is 2.20. The third-order valence-electron chi connectivity index (χ3n) is 5.07. The Morgan fingerprint density at radius 3 is 2.25 bits per heavy atom. The van der Waals surface area contributed by atoms with Crippen LogP contribution in [-0.2, 0) is 10.0 Å². The fraction of sp³-hybridized carbons (Fsp3) is 0.0833. The fourth-order valence-corrected chi connectivity index (χ4v) is 4.69. The van der Waals surface area contributed by atoms with Crippen molar-refractivity contribution in [2.24, 2.45) is 5.14 Å². The van der Waals surface area contributed by atoms with Crippen LogP contribution in [0.1, 0.15) is 0 Å². The van der Waals surface area contributed by atoms with Gasteiger partial charge in [0.25, 0.3) is 0 Å². The summed E-state index contributed by atoms with van der Waals surface area (Å²) in [6.45, 7) is 0. The molecule has 0 saturated carbocycles. The van der Waals surface area contributed by atoms with Crippen molar-refractivity contribution in [1.29, 1.82) is 0 Å². The second-order valence-electron chi connectivity index (χ2n) is 7.53. The molecular weight excluding hydrogens is 525 g/mol. The van der Waals surface area contributed by atoms with Crippen LogP contribution in [0.25, 0.3) is 34.0 Å². The summed E-state index contributed by atoms with van der Waals surface area (Å²) in [6.07, 6.45) is 0. The van der Waals surface area contributed by atoms with Crippen LogP contribution < -0.4 is 9.88 Å². The van der Waals surface area contributed by atoms with E-state index in [1.165, 1.54) is 50.2 Å². The van der Waals surface area contributed by atoms with Crippen molar-refractivity contribution in [3.05, 3.63) is 72.5 Å². The lowest BCUT2D eigenvalue weighted by Crippen LogP contribution is -2.16. The molecule has 3 N–H and O–H groups in total. The van der Waals surface area contributed by atoms with Gasteiger partial charge in [-0.2, -0.15) is 0 Å².